The van der Waals surface area contributed by atoms with Crippen molar-refractivity contribution in [1.82, 2.24) is 0 Å². The van der Waals surface area contributed by atoms with E-state index in [0.717, 1.165) is 5.56 Å². The molecule has 1 aromatic rings. The van der Waals surface area contributed by atoms with Gasteiger partial charge in [-0.2, -0.15) is 8.42 Å². The Hall–Kier alpha value is -1.33. The molecule has 0 radical (unpaired) electrons. The van der Waals surface area contributed by atoms with Crippen molar-refractivity contribution in [2.75, 3.05) is 0 Å². The monoisotopic (exact) mass is 240 g/mol. The van der Waals surface area contributed by atoms with Gasteiger partial charge in [-0.15, -0.1) is 0 Å². The molecule has 1 aliphatic heterocycles. The van der Waals surface area contributed by atoms with Crippen molar-refractivity contribution >= 4 is 10.1 Å². The summed E-state index contributed by atoms with van der Waals surface area (Å²) in [7, 11) is -3.73. The molecular weight excluding hydrogens is 228 g/mol. The van der Waals surface area contributed by atoms with Crippen LogP contribution in [0.3, 0.4) is 0 Å². The van der Waals surface area contributed by atoms with Crippen molar-refractivity contribution in [2.45, 2.75) is 24.5 Å². The van der Waals surface area contributed by atoms with Crippen LogP contribution in [0.25, 0.3) is 0 Å². The van der Waals surface area contributed by atoms with E-state index >= 15 is 0 Å². The Morgan fingerprint density at radius 3 is 2.56 bits per heavy atom. The van der Waals surface area contributed by atoms with Gasteiger partial charge in [0, 0.05) is 6.42 Å². The molecule has 1 atom stereocenters. The van der Waals surface area contributed by atoms with Crippen LogP contribution < -0.4 is 0 Å². The lowest BCUT2D eigenvalue weighted by atomic mass is 10.2. The normalized spacial score (nSPS) is 19.7. The minimum absolute atomic E-state index is 0.147. The SMILES string of the molecule is Cc1ccc(S(=O)(=O)OC2CC=CO2)cc1. The van der Waals surface area contributed by atoms with Gasteiger partial charge in [0.15, 0.2) is 0 Å². The molecular formula is C11H12O4S. The number of hydrogen-bond donors (Lipinski definition) is 0. The quantitative estimate of drug-likeness (QED) is 0.758. The lowest BCUT2D eigenvalue weighted by Crippen LogP contribution is -2.17. The highest BCUT2D eigenvalue weighted by atomic mass is 32.2. The standard InChI is InChI=1S/C11H12O4S/c1-9-4-6-10(7-5-9)16(12,13)15-11-3-2-8-14-11/h2,4-8,11H,3H2,1H3. The Labute approximate surface area is 94.6 Å². The van der Waals surface area contributed by atoms with Crippen molar-refractivity contribution < 1.29 is 17.3 Å². The van der Waals surface area contributed by atoms with E-state index in [4.69, 9.17) is 8.92 Å². The molecule has 1 unspecified atom stereocenters. The molecule has 0 fully saturated rings. The Bertz CT molecular complexity index is 479. The van der Waals surface area contributed by atoms with E-state index in [1.807, 2.05) is 6.92 Å². The predicted octanol–water partition coefficient (Wildman–Crippen LogP) is 1.96. The summed E-state index contributed by atoms with van der Waals surface area (Å²) in [6.45, 7) is 1.89. The van der Waals surface area contributed by atoms with Gasteiger partial charge < -0.3 is 4.74 Å². The molecule has 1 heterocycles. The fourth-order valence-corrected chi connectivity index (χ4v) is 2.32. The smallest absolute Gasteiger partial charge is 0.300 e. The first kappa shape index (κ1) is 11.2. The number of rotatable bonds is 3. The maximum Gasteiger partial charge on any atom is 0.300 e. The molecule has 1 aliphatic rings. The van der Waals surface area contributed by atoms with E-state index in [1.54, 1.807) is 18.2 Å². The highest BCUT2D eigenvalue weighted by Crippen LogP contribution is 2.19. The second-order valence-electron chi connectivity index (χ2n) is 3.54. The van der Waals surface area contributed by atoms with Crippen LogP contribution in [-0.4, -0.2) is 14.7 Å². The number of ether oxygens (including phenoxy) is 1. The molecule has 0 spiro atoms. The molecule has 0 aliphatic carbocycles. The zero-order valence-corrected chi connectivity index (χ0v) is 9.61. The van der Waals surface area contributed by atoms with Crippen LogP contribution in [0.2, 0.25) is 0 Å². The molecule has 2 rings (SSSR count). The van der Waals surface area contributed by atoms with Gasteiger partial charge in [0.05, 0.1) is 11.2 Å². The third-order valence-corrected chi connectivity index (χ3v) is 3.52. The summed E-state index contributed by atoms with van der Waals surface area (Å²) in [5.41, 5.74) is 0.998. The zero-order chi connectivity index (χ0) is 11.6. The molecule has 16 heavy (non-hydrogen) atoms. The minimum atomic E-state index is -3.73. The third-order valence-electron chi connectivity index (χ3n) is 2.20. The van der Waals surface area contributed by atoms with Crippen LogP contribution in [0.4, 0.5) is 0 Å². The van der Waals surface area contributed by atoms with Gasteiger partial charge in [-0.05, 0) is 25.1 Å². The van der Waals surface area contributed by atoms with Gasteiger partial charge in [-0.25, -0.2) is 4.18 Å². The van der Waals surface area contributed by atoms with Crippen molar-refractivity contribution in [3.63, 3.8) is 0 Å². The molecule has 5 heteroatoms. The molecule has 0 saturated heterocycles. The van der Waals surface area contributed by atoms with Crippen LogP contribution in [0.1, 0.15) is 12.0 Å². The van der Waals surface area contributed by atoms with Crippen LogP contribution in [0, 0.1) is 6.92 Å². The maximum atomic E-state index is 11.8. The van der Waals surface area contributed by atoms with Crippen molar-refractivity contribution in [1.29, 1.82) is 0 Å². The van der Waals surface area contributed by atoms with Gasteiger partial charge in [0.1, 0.15) is 0 Å². The zero-order valence-electron chi connectivity index (χ0n) is 8.79. The first-order chi connectivity index (χ1) is 7.58. The lowest BCUT2D eigenvalue weighted by Gasteiger charge is -2.11. The van der Waals surface area contributed by atoms with Gasteiger partial charge >= 0.3 is 0 Å². The number of aryl methyl sites for hydroxylation is 1. The fraction of sp³-hybridized carbons (Fsp3) is 0.273. The lowest BCUT2D eigenvalue weighted by molar-refractivity contribution is -0.00538. The van der Waals surface area contributed by atoms with E-state index in [9.17, 15) is 8.42 Å². The summed E-state index contributed by atoms with van der Waals surface area (Å²) in [4.78, 5) is 0.147. The summed E-state index contributed by atoms with van der Waals surface area (Å²) in [5, 5.41) is 0. The molecule has 0 amide bonds. The third kappa shape index (κ3) is 2.43. The average Bonchev–Trinajstić information content (AvgIpc) is 2.70. The molecule has 0 saturated carbocycles. The van der Waals surface area contributed by atoms with Crippen LogP contribution in [0.15, 0.2) is 41.5 Å². The van der Waals surface area contributed by atoms with Crippen LogP contribution in [-0.2, 0) is 19.0 Å². The van der Waals surface area contributed by atoms with E-state index < -0.39 is 16.4 Å². The van der Waals surface area contributed by atoms with Crippen molar-refractivity contribution in [2.24, 2.45) is 0 Å². The fourth-order valence-electron chi connectivity index (χ4n) is 1.33. The summed E-state index contributed by atoms with van der Waals surface area (Å²) < 4.78 is 33.4. The first-order valence-electron chi connectivity index (χ1n) is 4.88. The van der Waals surface area contributed by atoms with Gasteiger partial charge in [-0.1, -0.05) is 17.7 Å². The minimum Gasteiger partial charge on any atom is -0.471 e. The maximum absolute atomic E-state index is 11.8. The van der Waals surface area contributed by atoms with E-state index in [0.29, 0.717) is 6.42 Å². The van der Waals surface area contributed by atoms with E-state index in [-0.39, 0.29) is 4.90 Å². The number of hydrogen-bond acceptors (Lipinski definition) is 4. The summed E-state index contributed by atoms with van der Waals surface area (Å²) >= 11 is 0. The topological polar surface area (TPSA) is 52.6 Å². The Balaban J connectivity index is 2.15. The Morgan fingerprint density at radius 1 is 1.31 bits per heavy atom. The van der Waals surface area contributed by atoms with Gasteiger partial charge in [0.2, 0.25) is 6.29 Å². The highest BCUT2D eigenvalue weighted by molar-refractivity contribution is 7.86. The molecule has 86 valence electrons. The molecule has 1 aromatic carbocycles. The molecule has 0 bridgehead atoms. The van der Waals surface area contributed by atoms with Gasteiger partial charge in [-0.3, -0.25) is 0 Å². The largest absolute Gasteiger partial charge is 0.471 e. The van der Waals surface area contributed by atoms with Crippen LogP contribution >= 0.6 is 0 Å². The first-order valence-corrected chi connectivity index (χ1v) is 6.29. The number of benzene rings is 1. The van der Waals surface area contributed by atoms with Crippen molar-refractivity contribution in [3.05, 3.63) is 42.2 Å². The summed E-state index contributed by atoms with van der Waals surface area (Å²) in [6, 6.07) is 6.49. The molecule has 0 N–H and O–H groups in total. The molecule has 4 nitrogen and oxygen atoms in total. The summed E-state index contributed by atoms with van der Waals surface area (Å²) in [6.07, 6.45) is 2.88. The Morgan fingerprint density at radius 2 is 2.00 bits per heavy atom. The van der Waals surface area contributed by atoms with Gasteiger partial charge in [0.25, 0.3) is 10.1 Å². The Kier molecular flexibility index (Phi) is 2.98. The van der Waals surface area contributed by atoms with Crippen molar-refractivity contribution in [3.8, 4) is 0 Å². The average molecular weight is 240 g/mol. The van der Waals surface area contributed by atoms with E-state index in [2.05, 4.69) is 0 Å². The highest BCUT2D eigenvalue weighted by Gasteiger charge is 2.23. The molecule has 0 aromatic heterocycles. The summed E-state index contributed by atoms with van der Waals surface area (Å²) in [5.74, 6) is 0. The second kappa shape index (κ2) is 4.27. The predicted molar refractivity (Wildman–Crippen MR) is 58.1 cm³/mol. The second-order valence-corrected chi connectivity index (χ2v) is 5.11. The van der Waals surface area contributed by atoms with E-state index in [1.165, 1.54) is 18.4 Å². The van der Waals surface area contributed by atoms with Crippen LogP contribution in [0.5, 0.6) is 0 Å².